The van der Waals surface area contributed by atoms with Crippen molar-refractivity contribution in [2.45, 2.75) is 0 Å². The Kier molecular flexibility index (Phi) is 84.2. The van der Waals surface area contributed by atoms with Gasteiger partial charge in [-0.25, -0.2) is 0 Å². The predicted molar refractivity (Wildman–Crippen MR) is 15.1 cm³/mol. The summed E-state index contributed by atoms with van der Waals surface area (Å²) in [5.74, 6) is 0. The van der Waals surface area contributed by atoms with Crippen LogP contribution in [0, 0.1) is 35.6 Å². The molecule has 0 spiro atoms. The summed E-state index contributed by atoms with van der Waals surface area (Å²) in [5, 5.41) is 25.2. The van der Waals surface area contributed by atoms with E-state index in [-0.39, 0.29) is 112 Å². The molecule has 0 aliphatic heterocycles. The molecule has 0 unspecified atom stereocenters. The first-order valence-corrected chi connectivity index (χ1v) is 0.707. The number of rotatable bonds is 0. The van der Waals surface area contributed by atoms with Crippen molar-refractivity contribution >= 4 is 45.1 Å². The second-order valence-electron chi connectivity index (χ2n) is 0.289. The summed E-state index contributed by atoms with van der Waals surface area (Å²) in [4.78, 5) is 0. The van der Waals surface area contributed by atoms with Gasteiger partial charge in [0.05, 0.1) is 0 Å². The van der Waals surface area contributed by atoms with Crippen LogP contribution in [0.25, 0.3) is 0 Å². The average Bonchev–Trinajstić information content (AvgIpc) is 0.811. The van der Waals surface area contributed by atoms with Gasteiger partial charge in [0.15, 0.2) is 0 Å². The summed E-state index contributed by atoms with van der Waals surface area (Å²) in [6, 6.07) is 0. The summed E-state index contributed by atoms with van der Waals surface area (Å²) in [6.45, 7) is 0. The topological polar surface area (TPSA) is 101 Å². The largest absolute Gasteiger partial charge is 3.00 e. The van der Waals surface area contributed by atoms with Gasteiger partial charge < -0.3 is 20.5 Å². The Morgan fingerprint density at radius 2 is 1.00 bits per heavy atom. The summed E-state index contributed by atoms with van der Waals surface area (Å²) in [7, 11) is -2.92. The van der Waals surface area contributed by atoms with Crippen molar-refractivity contribution in [3.05, 3.63) is 0 Å². The van der Waals surface area contributed by atoms with E-state index in [0.717, 1.165) is 0 Å². The summed E-state index contributed by atoms with van der Waals surface area (Å²) < 4.78 is 0. The van der Waals surface area contributed by atoms with Crippen LogP contribution < -0.4 is 15.1 Å². The Hall–Kier alpha value is 3.46. The molecule has 0 aromatic heterocycles. The van der Waals surface area contributed by atoms with Crippen LogP contribution >= 0.6 is 0 Å². The van der Waals surface area contributed by atoms with Crippen molar-refractivity contribution in [3.8, 4) is 0 Å². The minimum Gasteiger partial charge on any atom is -0.907 e. The Morgan fingerprint density at radius 1 is 1.00 bits per heavy atom. The van der Waals surface area contributed by atoms with Gasteiger partial charge in [0.1, 0.15) is 0 Å². The Labute approximate surface area is 131 Å². The Bertz CT molecular complexity index is 20.8. The van der Waals surface area contributed by atoms with Gasteiger partial charge >= 0.3 is 106 Å². The van der Waals surface area contributed by atoms with Gasteiger partial charge in [-0.15, -0.1) is 0 Å². The van der Waals surface area contributed by atoms with Crippen LogP contribution in [0.5, 0.6) is 0 Å². The Balaban J connectivity index is -0.00000000750. The van der Waals surface area contributed by atoms with E-state index in [0.29, 0.717) is 0 Å². The van der Waals surface area contributed by atoms with E-state index in [4.69, 9.17) is 15.1 Å². The molecule has 0 radical (unpaired) electrons. The molecule has 8 heavy (non-hydrogen) atoms. The van der Waals surface area contributed by atoms with Gasteiger partial charge in [0.2, 0.25) is 0 Å². The molecule has 0 saturated carbocycles. The maximum Gasteiger partial charge on any atom is 3.00 e. The molecule has 4 nitrogen and oxygen atoms in total. The molecule has 32 valence electrons. The molecule has 0 atom stereocenters. The molecule has 0 aromatic carbocycles. The van der Waals surface area contributed by atoms with E-state index >= 15 is 0 Å². The van der Waals surface area contributed by atoms with Crippen molar-refractivity contribution in [2.75, 3.05) is 0 Å². The minimum absolute atomic E-state index is 0. The van der Waals surface area contributed by atoms with Crippen LogP contribution in [0.2, 0.25) is 0 Å². The molecular formula is H2BCaLaO4Y+5. The van der Waals surface area contributed by atoms with Crippen molar-refractivity contribution < 1.29 is 88.9 Å². The van der Waals surface area contributed by atoms with Crippen molar-refractivity contribution in [3.63, 3.8) is 0 Å². The third-order valence-corrected chi connectivity index (χ3v) is 0. The third-order valence-electron chi connectivity index (χ3n) is 0. The zero-order valence-electron chi connectivity index (χ0n) is 4.16. The van der Waals surface area contributed by atoms with Gasteiger partial charge in [-0.3, -0.25) is 7.32 Å². The van der Waals surface area contributed by atoms with Gasteiger partial charge in [-0.05, 0) is 0 Å². The standard InChI is InChI=1S/BO3.Ca.La.H2O.Y/c2-1(3)4;;;;/h;;;1H2;/q-3;+2;+3;;+3. The maximum atomic E-state index is 8.42. The van der Waals surface area contributed by atoms with E-state index in [1.807, 2.05) is 0 Å². The first kappa shape index (κ1) is 30.0. The predicted octanol–water partition coefficient (Wildman–Crippen LogP) is -5.16. The molecule has 0 bridgehead atoms. The van der Waals surface area contributed by atoms with Crippen molar-refractivity contribution in [2.24, 2.45) is 0 Å². The second-order valence-corrected chi connectivity index (χ2v) is 0.289. The molecule has 2 N–H and O–H groups in total. The van der Waals surface area contributed by atoms with E-state index in [9.17, 15) is 0 Å². The average molecular weight is 345 g/mol. The van der Waals surface area contributed by atoms with Crippen LogP contribution in [0.15, 0.2) is 0 Å². The van der Waals surface area contributed by atoms with E-state index in [1.165, 1.54) is 0 Å². The van der Waals surface area contributed by atoms with Crippen LogP contribution in [0.3, 0.4) is 0 Å². The van der Waals surface area contributed by atoms with Crippen molar-refractivity contribution in [1.82, 2.24) is 0 Å². The molecule has 0 heterocycles. The fraction of sp³-hybridized carbons (Fsp3) is 0. The zero-order chi connectivity index (χ0) is 3.58. The van der Waals surface area contributed by atoms with Gasteiger partial charge in [0, 0.05) is 0 Å². The molecule has 0 aliphatic carbocycles. The Morgan fingerprint density at radius 3 is 1.00 bits per heavy atom. The fourth-order valence-electron chi connectivity index (χ4n) is 0. The second kappa shape index (κ2) is 22.4. The summed E-state index contributed by atoms with van der Waals surface area (Å²) in [5.41, 5.74) is 0. The van der Waals surface area contributed by atoms with E-state index < -0.39 is 7.32 Å². The molecule has 0 fully saturated rings. The number of hydrogen-bond donors (Lipinski definition) is 0. The van der Waals surface area contributed by atoms with Crippen molar-refractivity contribution in [1.29, 1.82) is 0 Å². The minimum atomic E-state index is -2.92. The maximum absolute atomic E-state index is 8.42. The normalized spacial score (nSPS) is 3.38. The van der Waals surface area contributed by atoms with Crippen LogP contribution in [-0.2, 0) is 32.7 Å². The molecular weight excluding hydrogens is 343 g/mol. The summed E-state index contributed by atoms with van der Waals surface area (Å²) >= 11 is 0. The molecule has 8 heteroatoms. The first-order valence-electron chi connectivity index (χ1n) is 0.707. The van der Waals surface area contributed by atoms with E-state index in [1.54, 1.807) is 0 Å². The molecule has 0 saturated heterocycles. The SMILES string of the molecule is O.[Ca+2].[La+3].[O-]B([O-])[O-].[Y+3]. The van der Waals surface area contributed by atoms with Crippen LogP contribution in [0.4, 0.5) is 0 Å². The molecule has 0 aliphatic rings. The first-order chi connectivity index (χ1) is 1.73. The van der Waals surface area contributed by atoms with Crippen LogP contribution in [0.1, 0.15) is 0 Å². The van der Waals surface area contributed by atoms with E-state index in [2.05, 4.69) is 0 Å². The van der Waals surface area contributed by atoms with Gasteiger partial charge in [-0.1, -0.05) is 0 Å². The fourth-order valence-corrected chi connectivity index (χ4v) is 0. The smallest absolute Gasteiger partial charge is 0.907 e. The van der Waals surface area contributed by atoms with Gasteiger partial charge in [0.25, 0.3) is 0 Å². The molecule has 0 rings (SSSR count). The quantitative estimate of drug-likeness (QED) is 0.411. The molecule has 0 amide bonds. The monoisotopic (exact) mass is 345 g/mol. The molecule has 0 aromatic rings. The third kappa shape index (κ3) is 56.5. The zero-order valence-corrected chi connectivity index (χ0v) is 12.8. The number of hydrogen-bond acceptors (Lipinski definition) is 3. The summed E-state index contributed by atoms with van der Waals surface area (Å²) in [6.07, 6.45) is 0. The van der Waals surface area contributed by atoms with Crippen LogP contribution in [-0.4, -0.2) is 50.5 Å². The van der Waals surface area contributed by atoms with Gasteiger partial charge in [-0.2, -0.15) is 0 Å².